The molecule has 1 heterocycles. The number of benzene rings is 1. The topological polar surface area (TPSA) is 73.6 Å². The number of amides is 1. The quantitative estimate of drug-likeness (QED) is 0.884. The Hall–Kier alpha value is -1.46. The number of fused-ring (bicyclic) bond motifs is 1. The summed E-state index contributed by atoms with van der Waals surface area (Å²) in [7, 11) is 0. The second-order valence-corrected chi connectivity index (χ2v) is 5.83. The lowest BCUT2D eigenvalue weighted by Crippen LogP contribution is -2.41. The predicted molar refractivity (Wildman–Crippen MR) is 86.9 cm³/mol. The van der Waals surface area contributed by atoms with Crippen molar-refractivity contribution in [2.75, 3.05) is 26.3 Å². The molecule has 1 amide bonds. The van der Waals surface area contributed by atoms with Gasteiger partial charge in [0.15, 0.2) is 11.5 Å². The zero-order valence-corrected chi connectivity index (χ0v) is 13.4. The van der Waals surface area contributed by atoms with E-state index in [-0.39, 0.29) is 30.3 Å². The fraction of sp³-hybridized carbons (Fsp3) is 0.562. The molecule has 1 aliphatic carbocycles. The maximum atomic E-state index is 11.5. The van der Waals surface area contributed by atoms with Crippen LogP contribution in [0.3, 0.4) is 0 Å². The van der Waals surface area contributed by atoms with Crippen molar-refractivity contribution in [2.24, 2.45) is 5.73 Å². The van der Waals surface area contributed by atoms with Gasteiger partial charge in [0.2, 0.25) is 5.91 Å². The molecule has 5 nitrogen and oxygen atoms in total. The Kier molecular flexibility index (Phi) is 5.53. The molecule has 0 bridgehead atoms. The van der Waals surface area contributed by atoms with Crippen molar-refractivity contribution in [1.82, 2.24) is 5.32 Å². The van der Waals surface area contributed by atoms with E-state index in [1.54, 1.807) is 0 Å². The largest absolute Gasteiger partial charge is 0.486 e. The summed E-state index contributed by atoms with van der Waals surface area (Å²) in [5.74, 6) is 1.53. The maximum absolute atomic E-state index is 11.5. The van der Waals surface area contributed by atoms with Crippen LogP contribution in [-0.2, 0) is 10.2 Å². The van der Waals surface area contributed by atoms with E-state index >= 15 is 0 Å². The smallest absolute Gasteiger partial charge is 0.233 e. The molecule has 0 spiro atoms. The van der Waals surface area contributed by atoms with Crippen LogP contribution in [0.5, 0.6) is 11.5 Å². The normalized spacial score (nSPS) is 18.4. The van der Waals surface area contributed by atoms with Gasteiger partial charge in [0, 0.05) is 12.0 Å². The van der Waals surface area contributed by atoms with Gasteiger partial charge >= 0.3 is 0 Å². The molecule has 0 atom stereocenters. The Morgan fingerprint density at radius 3 is 2.55 bits per heavy atom. The fourth-order valence-corrected chi connectivity index (χ4v) is 3.33. The van der Waals surface area contributed by atoms with Crippen LogP contribution in [0.4, 0.5) is 0 Å². The molecule has 3 N–H and O–H groups in total. The number of ether oxygens (including phenoxy) is 2. The van der Waals surface area contributed by atoms with Gasteiger partial charge in [-0.05, 0) is 30.5 Å². The van der Waals surface area contributed by atoms with Crippen molar-refractivity contribution in [1.29, 1.82) is 0 Å². The molecule has 1 fully saturated rings. The SMILES string of the molecule is Cl.NCC(=O)NCC1(c2ccc3c(c2)OCCO3)CCCC1. The molecule has 0 unspecified atom stereocenters. The summed E-state index contributed by atoms with van der Waals surface area (Å²) in [6.07, 6.45) is 4.54. The number of nitrogens with two attached hydrogens (primary N) is 1. The highest BCUT2D eigenvalue weighted by Crippen LogP contribution is 2.43. The Morgan fingerprint density at radius 2 is 1.86 bits per heavy atom. The van der Waals surface area contributed by atoms with Gasteiger partial charge < -0.3 is 20.5 Å². The van der Waals surface area contributed by atoms with Crippen molar-refractivity contribution >= 4 is 18.3 Å². The van der Waals surface area contributed by atoms with Crippen LogP contribution >= 0.6 is 12.4 Å². The predicted octanol–water partition coefficient (Wildman–Crippen LogP) is 1.77. The van der Waals surface area contributed by atoms with E-state index in [4.69, 9.17) is 15.2 Å². The summed E-state index contributed by atoms with van der Waals surface area (Å²) < 4.78 is 11.3. The molecule has 0 radical (unpaired) electrons. The lowest BCUT2D eigenvalue weighted by atomic mass is 9.78. The molecule has 0 aromatic heterocycles. The Bertz CT molecular complexity index is 530. The lowest BCUT2D eigenvalue weighted by molar-refractivity contribution is -0.120. The van der Waals surface area contributed by atoms with E-state index < -0.39 is 0 Å². The molecule has 1 aliphatic heterocycles. The van der Waals surface area contributed by atoms with Crippen molar-refractivity contribution in [3.63, 3.8) is 0 Å². The van der Waals surface area contributed by atoms with Gasteiger partial charge in [-0.15, -0.1) is 12.4 Å². The molecule has 0 saturated heterocycles. The zero-order chi connectivity index (χ0) is 14.7. The van der Waals surface area contributed by atoms with E-state index in [9.17, 15) is 4.79 Å². The molecule has 122 valence electrons. The van der Waals surface area contributed by atoms with Gasteiger partial charge in [-0.1, -0.05) is 18.9 Å². The third kappa shape index (κ3) is 3.31. The molecular formula is C16H23ClN2O3. The van der Waals surface area contributed by atoms with Crippen molar-refractivity contribution in [2.45, 2.75) is 31.1 Å². The lowest BCUT2D eigenvalue weighted by Gasteiger charge is -2.31. The zero-order valence-electron chi connectivity index (χ0n) is 12.6. The van der Waals surface area contributed by atoms with Gasteiger partial charge in [0.05, 0.1) is 6.54 Å². The first-order valence-corrected chi connectivity index (χ1v) is 7.60. The van der Waals surface area contributed by atoms with Crippen LogP contribution in [-0.4, -0.2) is 32.2 Å². The van der Waals surface area contributed by atoms with Crippen LogP contribution in [0.2, 0.25) is 0 Å². The number of hydrogen-bond acceptors (Lipinski definition) is 4. The Morgan fingerprint density at radius 1 is 1.18 bits per heavy atom. The highest BCUT2D eigenvalue weighted by Gasteiger charge is 2.36. The first-order valence-electron chi connectivity index (χ1n) is 7.60. The number of nitrogens with one attached hydrogen (secondary N) is 1. The molecule has 22 heavy (non-hydrogen) atoms. The van der Waals surface area contributed by atoms with Crippen molar-refractivity contribution < 1.29 is 14.3 Å². The van der Waals surface area contributed by atoms with Gasteiger partial charge in [-0.2, -0.15) is 0 Å². The standard InChI is InChI=1S/C16H22N2O3.ClH/c17-10-15(19)18-11-16(5-1-2-6-16)12-3-4-13-14(9-12)21-8-7-20-13;/h3-4,9H,1-2,5-8,10-11,17H2,(H,18,19);1H. The average Bonchev–Trinajstić information content (AvgIpc) is 3.02. The molecule has 2 aliphatic rings. The average molecular weight is 327 g/mol. The van der Waals surface area contributed by atoms with E-state index in [1.165, 1.54) is 18.4 Å². The maximum Gasteiger partial charge on any atom is 0.233 e. The third-order valence-electron chi connectivity index (χ3n) is 4.52. The summed E-state index contributed by atoms with van der Waals surface area (Å²) in [5.41, 5.74) is 6.61. The molecule has 1 aromatic rings. The number of hydrogen-bond donors (Lipinski definition) is 2. The van der Waals surface area contributed by atoms with Crippen LogP contribution in [0.15, 0.2) is 18.2 Å². The van der Waals surface area contributed by atoms with E-state index in [0.717, 1.165) is 24.3 Å². The van der Waals surface area contributed by atoms with Crippen LogP contribution < -0.4 is 20.5 Å². The van der Waals surface area contributed by atoms with Gasteiger partial charge in [0.25, 0.3) is 0 Å². The van der Waals surface area contributed by atoms with Gasteiger partial charge in [-0.25, -0.2) is 0 Å². The third-order valence-corrected chi connectivity index (χ3v) is 4.52. The van der Waals surface area contributed by atoms with Crippen LogP contribution in [0.1, 0.15) is 31.2 Å². The fourth-order valence-electron chi connectivity index (χ4n) is 3.33. The molecule has 1 aromatic carbocycles. The van der Waals surface area contributed by atoms with Crippen molar-refractivity contribution in [3.8, 4) is 11.5 Å². The van der Waals surface area contributed by atoms with Gasteiger partial charge in [-0.3, -0.25) is 4.79 Å². The van der Waals surface area contributed by atoms with Crippen LogP contribution in [0, 0.1) is 0 Å². The summed E-state index contributed by atoms with van der Waals surface area (Å²) >= 11 is 0. The monoisotopic (exact) mass is 326 g/mol. The summed E-state index contributed by atoms with van der Waals surface area (Å²) in [4.78, 5) is 11.5. The molecule has 1 saturated carbocycles. The first-order chi connectivity index (χ1) is 10.2. The minimum Gasteiger partial charge on any atom is -0.486 e. The van der Waals surface area contributed by atoms with E-state index in [2.05, 4.69) is 17.4 Å². The first kappa shape index (κ1) is 16.9. The minimum atomic E-state index is -0.0983. The molecule has 6 heteroatoms. The molecule has 3 rings (SSSR count). The summed E-state index contributed by atoms with van der Waals surface area (Å²) in [6, 6.07) is 6.16. The molecular weight excluding hydrogens is 304 g/mol. The van der Waals surface area contributed by atoms with Gasteiger partial charge in [0.1, 0.15) is 13.2 Å². The highest BCUT2D eigenvalue weighted by atomic mass is 35.5. The second kappa shape index (κ2) is 7.20. The Balaban J connectivity index is 0.00000176. The number of carbonyl (C=O) groups excluding carboxylic acids is 1. The Labute approximate surface area is 137 Å². The number of carbonyl (C=O) groups is 1. The second-order valence-electron chi connectivity index (χ2n) is 5.83. The highest BCUT2D eigenvalue weighted by molar-refractivity contribution is 5.85. The summed E-state index contributed by atoms with van der Waals surface area (Å²) in [5, 5.41) is 2.96. The van der Waals surface area contributed by atoms with Crippen molar-refractivity contribution in [3.05, 3.63) is 23.8 Å². The van der Waals surface area contributed by atoms with Crippen LogP contribution in [0.25, 0.3) is 0 Å². The minimum absolute atomic E-state index is 0. The van der Waals surface area contributed by atoms with E-state index in [0.29, 0.717) is 19.8 Å². The van der Waals surface area contributed by atoms with E-state index in [1.807, 2.05) is 6.07 Å². The number of rotatable bonds is 4. The summed E-state index contributed by atoms with van der Waals surface area (Å²) in [6.45, 7) is 1.87. The number of halogens is 1.